The van der Waals surface area contributed by atoms with Gasteiger partial charge in [0.15, 0.2) is 16.1 Å². The van der Waals surface area contributed by atoms with Gasteiger partial charge < -0.3 is 5.32 Å². The fraction of sp³-hybridized carbons (Fsp3) is 0.136. The van der Waals surface area contributed by atoms with Crippen molar-refractivity contribution in [2.75, 3.05) is 11.1 Å². The van der Waals surface area contributed by atoms with Gasteiger partial charge in [-0.25, -0.2) is 4.98 Å². The molecule has 1 N–H and O–H groups in total. The Bertz CT molecular complexity index is 1220. The van der Waals surface area contributed by atoms with Crippen LogP contribution in [0.15, 0.2) is 72.8 Å². The number of aromatic nitrogens is 5. The van der Waals surface area contributed by atoms with E-state index in [2.05, 4.69) is 32.1 Å². The van der Waals surface area contributed by atoms with E-state index in [-0.39, 0.29) is 11.7 Å². The third kappa shape index (κ3) is 5.42. The highest BCUT2D eigenvalue weighted by atomic mass is 35.5. The van der Waals surface area contributed by atoms with E-state index >= 15 is 0 Å². The van der Waals surface area contributed by atoms with Gasteiger partial charge in [0.2, 0.25) is 5.91 Å². The molecule has 3 aromatic heterocycles. The second-order valence-electron chi connectivity index (χ2n) is 6.68. The van der Waals surface area contributed by atoms with Crippen molar-refractivity contribution in [3.05, 3.63) is 83.1 Å². The lowest BCUT2D eigenvalue weighted by Gasteiger charge is -2.07. The summed E-state index contributed by atoms with van der Waals surface area (Å²) >= 11 is 8.98. The molecule has 1 amide bonds. The number of carbonyl (C=O) groups is 1. The SMILES string of the molecule is C=CCn1c(SCC(=O)Nc2ncc(Cc3ccccc3Cl)s2)nnc1-c1ccncc1. The minimum Gasteiger partial charge on any atom is -0.301 e. The Hall–Kier alpha value is -3.01. The van der Waals surface area contributed by atoms with Crippen molar-refractivity contribution in [3.63, 3.8) is 0 Å². The number of nitrogens with one attached hydrogen (secondary N) is 1. The molecule has 3 heterocycles. The number of halogens is 1. The van der Waals surface area contributed by atoms with Crippen LogP contribution in [0.4, 0.5) is 5.13 Å². The van der Waals surface area contributed by atoms with Crippen LogP contribution in [0.3, 0.4) is 0 Å². The number of benzene rings is 1. The molecule has 10 heteroatoms. The molecule has 4 rings (SSSR count). The second kappa shape index (κ2) is 10.5. The first-order valence-electron chi connectivity index (χ1n) is 9.69. The largest absolute Gasteiger partial charge is 0.301 e. The summed E-state index contributed by atoms with van der Waals surface area (Å²) in [7, 11) is 0. The smallest absolute Gasteiger partial charge is 0.236 e. The van der Waals surface area contributed by atoms with Crippen LogP contribution >= 0.6 is 34.7 Å². The van der Waals surface area contributed by atoms with Gasteiger partial charge in [0, 0.05) is 47.0 Å². The molecule has 7 nitrogen and oxygen atoms in total. The molecule has 0 aliphatic carbocycles. The first kappa shape index (κ1) is 22.2. The van der Waals surface area contributed by atoms with Gasteiger partial charge in [0.05, 0.1) is 5.75 Å². The minimum atomic E-state index is -0.160. The summed E-state index contributed by atoms with van der Waals surface area (Å²) < 4.78 is 1.92. The van der Waals surface area contributed by atoms with Gasteiger partial charge in [-0.15, -0.1) is 28.1 Å². The van der Waals surface area contributed by atoms with Crippen molar-refractivity contribution in [1.29, 1.82) is 0 Å². The summed E-state index contributed by atoms with van der Waals surface area (Å²) in [4.78, 5) is 21.8. The van der Waals surface area contributed by atoms with Crippen molar-refractivity contribution in [1.82, 2.24) is 24.7 Å². The number of thiazole rings is 1. The summed E-state index contributed by atoms with van der Waals surface area (Å²) in [5.41, 5.74) is 1.93. The molecule has 0 saturated heterocycles. The highest BCUT2D eigenvalue weighted by Crippen LogP contribution is 2.26. The fourth-order valence-electron chi connectivity index (χ4n) is 2.97. The average molecular weight is 483 g/mol. The third-order valence-corrected chi connectivity index (χ3v) is 6.67. The normalized spacial score (nSPS) is 10.8. The van der Waals surface area contributed by atoms with Crippen molar-refractivity contribution in [3.8, 4) is 11.4 Å². The van der Waals surface area contributed by atoms with Gasteiger partial charge in [-0.3, -0.25) is 14.3 Å². The van der Waals surface area contributed by atoms with E-state index in [1.807, 2.05) is 41.0 Å². The Kier molecular flexibility index (Phi) is 7.31. The monoisotopic (exact) mass is 482 g/mol. The van der Waals surface area contributed by atoms with Gasteiger partial charge in [0.1, 0.15) is 0 Å². The van der Waals surface area contributed by atoms with E-state index in [0.29, 0.717) is 29.1 Å². The lowest BCUT2D eigenvalue weighted by molar-refractivity contribution is -0.113. The number of hydrogen-bond acceptors (Lipinski definition) is 7. The molecule has 0 bridgehead atoms. The average Bonchev–Trinajstić information content (AvgIpc) is 3.41. The zero-order chi connectivity index (χ0) is 22.3. The van der Waals surface area contributed by atoms with E-state index in [1.54, 1.807) is 24.7 Å². The maximum absolute atomic E-state index is 12.5. The van der Waals surface area contributed by atoms with Crippen molar-refractivity contribution < 1.29 is 4.79 Å². The minimum absolute atomic E-state index is 0.160. The number of thioether (sulfide) groups is 1. The van der Waals surface area contributed by atoms with Gasteiger partial charge in [0.25, 0.3) is 0 Å². The van der Waals surface area contributed by atoms with E-state index in [1.165, 1.54) is 23.1 Å². The topological polar surface area (TPSA) is 85.6 Å². The molecule has 0 saturated carbocycles. The Balaban J connectivity index is 1.37. The van der Waals surface area contributed by atoms with Crippen LogP contribution in [-0.4, -0.2) is 36.4 Å². The molecule has 0 aliphatic rings. The lowest BCUT2D eigenvalue weighted by atomic mass is 10.1. The second-order valence-corrected chi connectivity index (χ2v) is 9.14. The number of hydrogen-bond donors (Lipinski definition) is 1. The Morgan fingerprint density at radius 2 is 2.03 bits per heavy atom. The quantitative estimate of drug-likeness (QED) is 0.268. The van der Waals surface area contributed by atoms with Crippen LogP contribution in [-0.2, 0) is 17.8 Å². The number of nitrogens with zero attached hydrogens (tertiary/aromatic N) is 5. The van der Waals surface area contributed by atoms with Crippen LogP contribution < -0.4 is 5.32 Å². The fourth-order valence-corrected chi connectivity index (χ4v) is 4.77. The number of rotatable bonds is 9. The zero-order valence-corrected chi connectivity index (χ0v) is 19.3. The first-order chi connectivity index (χ1) is 15.6. The van der Waals surface area contributed by atoms with Crippen molar-refractivity contribution in [2.45, 2.75) is 18.1 Å². The van der Waals surface area contributed by atoms with E-state index in [9.17, 15) is 4.79 Å². The summed E-state index contributed by atoms with van der Waals surface area (Å²) in [5, 5.41) is 13.3. The molecule has 32 heavy (non-hydrogen) atoms. The van der Waals surface area contributed by atoms with E-state index in [0.717, 1.165) is 21.0 Å². The number of anilines is 1. The molecule has 4 aromatic rings. The Morgan fingerprint density at radius 3 is 2.81 bits per heavy atom. The van der Waals surface area contributed by atoms with Crippen LogP contribution in [0.1, 0.15) is 10.4 Å². The highest BCUT2D eigenvalue weighted by molar-refractivity contribution is 7.99. The summed E-state index contributed by atoms with van der Waals surface area (Å²) in [6.07, 6.45) is 7.62. The predicted octanol–water partition coefficient (Wildman–Crippen LogP) is 4.96. The van der Waals surface area contributed by atoms with Gasteiger partial charge in [-0.05, 0) is 23.8 Å². The van der Waals surface area contributed by atoms with Crippen molar-refractivity contribution >= 4 is 45.7 Å². The standard InChI is InChI=1S/C22H19ClN6OS2/c1-2-11-29-20(15-7-9-24-10-8-15)27-28-22(29)31-14-19(30)26-21-25-13-17(32-21)12-16-5-3-4-6-18(16)23/h2-10,13H,1,11-12,14H2,(H,25,26,30). The number of pyridine rings is 1. The summed E-state index contributed by atoms with van der Waals surface area (Å²) in [6, 6.07) is 11.4. The molecule has 0 radical (unpaired) electrons. The summed E-state index contributed by atoms with van der Waals surface area (Å²) in [6.45, 7) is 4.34. The Morgan fingerprint density at radius 1 is 1.22 bits per heavy atom. The third-order valence-electron chi connectivity index (χ3n) is 4.42. The molecule has 0 spiro atoms. The maximum atomic E-state index is 12.5. The van der Waals surface area contributed by atoms with Crippen LogP contribution in [0.5, 0.6) is 0 Å². The predicted molar refractivity (Wildman–Crippen MR) is 129 cm³/mol. The molecule has 0 unspecified atom stereocenters. The van der Waals surface area contributed by atoms with Gasteiger partial charge in [-0.1, -0.05) is 47.6 Å². The Labute approximate surface area is 198 Å². The number of amides is 1. The molecule has 0 fully saturated rings. The number of carbonyl (C=O) groups excluding carboxylic acids is 1. The van der Waals surface area contributed by atoms with Crippen LogP contribution in [0.2, 0.25) is 5.02 Å². The molecular weight excluding hydrogens is 464 g/mol. The summed E-state index contributed by atoms with van der Waals surface area (Å²) in [5.74, 6) is 0.733. The maximum Gasteiger partial charge on any atom is 0.236 e. The van der Waals surface area contributed by atoms with Crippen LogP contribution in [0, 0.1) is 0 Å². The van der Waals surface area contributed by atoms with E-state index < -0.39 is 0 Å². The molecular formula is C22H19ClN6OS2. The lowest BCUT2D eigenvalue weighted by Crippen LogP contribution is -2.14. The zero-order valence-electron chi connectivity index (χ0n) is 16.9. The number of allylic oxidation sites excluding steroid dienone is 1. The molecule has 0 aliphatic heterocycles. The van der Waals surface area contributed by atoms with Gasteiger partial charge in [-0.2, -0.15) is 0 Å². The van der Waals surface area contributed by atoms with E-state index in [4.69, 9.17) is 11.6 Å². The van der Waals surface area contributed by atoms with Crippen molar-refractivity contribution in [2.24, 2.45) is 0 Å². The molecule has 162 valence electrons. The molecule has 1 aromatic carbocycles. The molecule has 0 atom stereocenters. The van der Waals surface area contributed by atoms with Crippen LogP contribution in [0.25, 0.3) is 11.4 Å². The van der Waals surface area contributed by atoms with Gasteiger partial charge >= 0.3 is 0 Å². The first-order valence-corrected chi connectivity index (χ1v) is 11.9. The highest BCUT2D eigenvalue weighted by Gasteiger charge is 2.15.